The van der Waals surface area contributed by atoms with E-state index >= 15 is 0 Å². The number of hydrogen-bond acceptors (Lipinski definition) is 6. The summed E-state index contributed by atoms with van der Waals surface area (Å²) in [7, 11) is 0. The average Bonchev–Trinajstić information content (AvgIpc) is 2.93. The fraction of sp³-hybridized carbons (Fsp3) is 0.562. The molecule has 0 amide bonds. The van der Waals surface area contributed by atoms with E-state index in [1.165, 1.54) is 81.3 Å². The van der Waals surface area contributed by atoms with Crippen molar-refractivity contribution in [2.24, 2.45) is 0 Å². The number of halogens is 1. The van der Waals surface area contributed by atoms with E-state index in [9.17, 15) is 14.0 Å². The molecule has 216 valence electrons. The van der Waals surface area contributed by atoms with E-state index in [1.807, 2.05) is 0 Å². The minimum Gasteiger partial charge on any atom is -0.491 e. The fourth-order valence-corrected chi connectivity index (χ4v) is 3.98. The van der Waals surface area contributed by atoms with E-state index in [4.69, 9.17) is 18.9 Å². The molecule has 2 rings (SSSR count). The second-order valence-electron chi connectivity index (χ2n) is 9.73. The van der Waals surface area contributed by atoms with Crippen molar-refractivity contribution in [2.45, 2.75) is 97.3 Å². The number of carbonyl (C=O) groups excluding carboxylic acids is 2. The first-order valence-electron chi connectivity index (χ1n) is 14.6. The first kappa shape index (κ1) is 32.3. The van der Waals surface area contributed by atoms with Crippen molar-refractivity contribution in [3.8, 4) is 17.2 Å². The summed E-state index contributed by atoms with van der Waals surface area (Å²) in [5, 5.41) is 0. The van der Waals surface area contributed by atoms with Crippen LogP contribution in [0.25, 0.3) is 0 Å². The molecular formula is C32H45FO6. The Hall–Kier alpha value is -2.93. The maximum Gasteiger partial charge on any atom is 0.343 e. The Labute approximate surface area is 233 Å². The summed E-state index contributed by atoms with van der Waals surface area (Å²) in [4.78, 5) is 24.5. The zero-order valence-electron chi connectivity index (χ0n) is 23.7. The molecule has 0 aromatic heterocycles. The first-order chi connectivity index (χ1) is 19.0. The summed E-state index contributed by atoms with van der Waals surface area (Å²) in [6.45, 7) is 5.79. The predicted octanol–water partition coefficient (Wildman–Crippen LogP) is 8.46. The highest BCUT2D eigenvalue weighted by Crippen LogP contribution is 2.22. The topological polar surface area (TPSA) is 71.1 Å². The number of rotatable bonds is 21. The van der Waals surface area contributed by atoms with Crippen molar-refractivity contribution in [3.63, 3.8) is 0 Å². The minimum atomic E-state index is -0.691. The van der Waals surface area contributed by atoms with E-state index in [2.05, 4.69) is 13.8 Å². The molecule has 0 atom stereocenters. The summed E-state index contributed by atoms with van der Waals surface area (Å²) < 4.78 is 36.1. The molecule has 0 fully saturated rings. The summed E-state index contributed by atoms with van der Waals surface area (Å²) in [6.07, 6.45) is 14.0. The Kier molecular flexibility index (Phi) is 16.6. The highest BCUT2D eigenvalue weighted by molar-refractivity contribution is 5.91. The van der Waals surface area contributed by atoms with Crippen molar-refractivity contribution in [1.82, 2.24) is 0 Å². The van der Waals surface area contributed by atoms with Gasteiger partial charge >= 0.3 is 11.9 Å². The molecule has 39 heavy (non-hydrogen) atoms. The van der Waals surface area contributed by atoms with Gasteiger partial charge in [-0.25, -0.2) is 9.18 Å². The zero-order valence-corrected chi connectivity index (χ0v) is 23.7. The summed E-state index contributed by atoms with van der Waals surface area (Å²) in [6, 6.07) is 10.2. The van der Waals surface area contributed by atoms with Crippen LogP contribution in [0.5, 0.6) is 17.2 Å². The smallest absolute Gasteiger partial charge is 0.343 e. The van der Waals surface area contributed by atoms with Gasteiger partial charge in [-0.3, -0.25) is 4.79 Å². The standard InChI is InChI=1S/C32H45FO6/c1-3-5-7-9-11-13-22-36-24-21-31(34)38-27-16-18-28(19-17-27)39-32(35)26-15-20-30(29(33)25-26)37-23-14-12-10-8-6-4-2/h15-20,25H,3-14,21-24H2,1-2H3. The highest BCUT2D eigenvalue weighted by atomic mass is 19.1. The van der Waals surface area contributed by atoms with Gasteiger partial charge in [-0.1, -0.05) is 78.1 Å². The van der Waals surface area contributed by atoms with Gasteiger partial charge in [0.05, 0.1) is 25.2 Å². The molecule has 0 aliphatic rings. The lowest BCUT2D eigenvalue weighted by Crippen LogP contribution is -2.12. The van der Waals surface area contributed by atoms with Crippen LogP contribution in [0.4, 0.5) is 4.39 Å². The average molecular weight is 545 g/mol. The lowest BCUT2D eigenvalue weighted by atomic mass is 10.1. The molecule has 0 saturated heterocycles. The molecular weight excluding hydrogens is 499 g/mol. The van der Waals surface area contributed by atoms with Crippen LogP contribution in [0.3, 0.4) is 0 Å². The molecule has 0 N–H and O–H groups in total. The first-order valence-corrected chi connectivity index (χ1v) is 14.6. The summed E-state index contributed by atoms with van der Waals surface area (Å²) in [5.41, 5.74) is 0.0795. The number of esters is 2. The number of unbranched alkanes of at least 4 members (excludes halogenated alkanes) is 10. The van der Waals surface area contributed by atoms with Crippen LogP contribution < -0.4 is 14.2 Å². The molecule has 0 aliphatic heterocycles. The Morgan fingerprint density at radius 1 is 0.667 bits per heavy atom. The fourth-order valence-electron chi connectivity index (χ4n) is 3.98. The van der Waals surface area contributed by atoms with E-state index in [1.54, 1.807) is 0 Å². The third-order valence-electron chi connectivity index (χ3n) is 6.28. The lowest BCUT2D eigenvalue weighted by Gasteiger charge is -2.09. The van der Waals surface area contributed by atoms with Crippen molar-refractivity contribution < 1.29 is 32.9 Å². The van der Waals surface area contributed by atoms with Crippen LogP contribution in [0.2, 0.25) is 0 Å². The maximum atomic E-state index is 14.4. The predicted molar refractivity (Wildman–Crippen MR) is 151 cm³/mol. The van der Waals surface area contributed by atoms with Crippen molar-refractivity contribution in [2.75, 3.05) is 19.8 Å². The molecule has 7 heteroatoms. The number of benzene rings is 2. The second kappa shape index (κ2) is 20.0. The molecule has 0 unspecified atom stereocenters. The Morgan fingerprint density at radius 3 is 1.85 bits per heavy atom. The number of ether oxygens (including phenoxy) is 4. The van der Waals surface area contributed by atoms with Gasteiger partial charge in [-0.2, -0.15) is 0 Å². The Morgan fingerprint density at radius 2 is 1.23 bits per heavy atom. The molecule has 2 aromatic rings. The van der Waals surface area contributed by atoms with Crippen LogP contribution in [-0.4, -0.2) is 31.8 Å². The summed E-state index contributed by atoms with van der Waals surface area (Å²) >= 11 is 0. The van der Waals surface area contributed by atoms with Crippen molar-refractivity contribution in [1.29, 1.82) is 0 Å². The lowest BCUT2D eigenvalue weighted by molar-refractivity contribution is -0.135. The second-order valence-corrected chi connectivity index (χ2v) is 9.73. The monoisotopic (exact) mass is 544 g/mol. The molecule has 2 aromatic carbocycles. The zero-order chi connectivity index (χ0) is 28.1. The number of hydrogen-bond donors (Lipinski definition) is 0. The van der Waals surface area contributed by atoms with Crippen LogP contribution in [-0.2, 0) is 9.53 Å². The molecule has 0 bridgehead atoms. The molecule has 0 heterocycles. The number of carbonyl (C=O) groups is 2. The largest absolute Gasteiger partial charge is 0.491 e. The van der Waals surface area contributed by atoms with Crippen molar-refractivity contribution in [3.05, 3.63) is 53.8 Å². The van der Waals surface area contributed by atoms with Gasteiger partial charge < -0.3 is 18.9 Å². The van der Waals surface area contributed by atoms with E-state index in [0.29, 0.717) is 25.6 Å². The van der Waals surface area contributed by atoms with E-state index < -0.39 is 17.8 Å². The van der Waals surface area contributed by atoms with Gasteiger partial charge in [-0.05, 0) is 55.3 Å². The molecule has 6 nitrogen and oxygen atoms in total. The van der Waals surface area contributed by atoms with Gasteiger partial charge in [0, 0.05) is 6.61 Å². The molecule has 0 spiro atoms. The molecule has 0 aliphatic carbocycles. The Bertz CT molecular complexity index is 960. The molecule has 0 radical (unpaired) electrons. The van der Waals surface area contributed by atoms with Crippen LogP contribution in [0.15, 0.2) is 42.5 Å². The normalized spacial score (nSPS) is 10.8. The highest BCUT2D eigenvalue weighted by Gasteiger charge is 2.13. The van der Waals surface area contributed by atoms with Gasteiger partial charge in [0.2, 0.25) is 0 Å². The SMILES string of the molecule is CCCCCCCCOCCC(=O)Oc1ccc(OC(=O)c2ccc(OCCCCCCCC)c(F)c2)cc1. The van der Waals surface area contributed by atoms with Gasteiger partial charge in [0.1, 0.15) is 11.5 Å². The van der Waals surface area contributed by atoms with E-state index in [0.717, 1.165) is 38.2 Å². The maximum absolute atomic E-state index is 14.4. The quantitative estimate of drug-likeness (QED) is 0.0892. The van der Waals surface area contributed by atoms with Gasteiger partial charge in [0.15, 0.2) is 11.6 Å². The third-order valence-corrected chi connectivity index (χ3v) is 6.28. The van der Waals surface area contributed by atoms with Crippen molar-refractivity contribution >= 4 is 11.9 Å². The van der Waals surface area contributed by atoms with Gasteiger partial charge in [-0.15, -0.1) is 0 Å². The summed E-state index contributed by atoms with van der Waals surface area (Å²) in [5.74, 6) is -0.965. The van der Waals surface area contributed by atoms with Crippen LogP contribution in [0.1, 0.15) is 108 Å². The van der Waals surface area contributed by atoms with Gasteiger partial charge in [0.25, 0.3) is 0 Å². The Balaban J connectivity index is 1.67. The molecule has 0 saturated carbocycles. The van der Waals surface area contributed by atoms with E-state index in [-0.39, 0.29) is 23.5 Å². The third kappa shape index (κ3) is 14.1. The minimum absolute atomic E-state index is 0.0795. The van der Waals surface area contributed by atoms with Crippen LogP contribution in [0, 0.1) is 5.82 Å². The van der Waals surface area contributed by atoms with Crippen LogP contribution >= 0.6 is 0 Å².